The monoisotopic (exact) mass is 267 g/mol. The zero-order chi connectivity index (χ0) is 13.7. The molecule has 0 saturated carbocycles. The summed E-state index contributed by atoms with van der Waals surface area (Å²) < 4.78 is 25.3. The third-order valence-corrected chi connectivity index (χ3v) is 3.54. The molecule has 6 nitrogen and oxygen atoms in total. The van der Waals surface area contributed by atoms with E-state index in [2.05, 4.69) is 4.72 Å². The normalized spacial score (nSPS) is 14.6. The SMILES string of the molecule is CC(C)(C)CCS(=O)(=O)NC(CCO)C(=O)O. The topological polar surface area (TPSA) is 104 Å². The van der Waals surface area contributed by atoms with Gasteiger partial charge in [-0.25, -0.2) is 13.1 Å². The Morgan fingerprint density at radius 2 is 1.88 bits per heavy atom. The van der Waals surface area contributed by atoms with E-state index in [0.29, 0.717) is 6.42 Å². The predicted molar refractivity (Wildman–Crippen MR) is 64.1 cm³/mol. The van der Waals surface area contributed by atoms with Gasteiger partial charge in [-0.05, 0) is 18.3 Å². The number of rotatable bonds is 7. The molecule has 0 amide bonds. The second-order valence-corrected chi connectivity index (χ2v) is 7.02. The molecule has 102 valence electrons. The van der Waals surface area contributed by atoms with E-state index in [1.54, 1.807) is 0 Å². The van der Waals surface area contributed by atoms with Gasteiger partial charge in [0.25, 0.3) is 0 Å². The van der Waals surface area contributed by atoms with Crippen LogP contribution >= 0.6 is 0 Å². The zero-order valence-electron chi connectivity index (χ0n) is 10.4. The van der Waals surface area contributed by atoms with Crippen LogP contribution in [-0.2, 0) is 14.8 Å². The summed E-state index contributed by atoms with van der Waals surface area (Å²) in [5, 5.41) is 17.4. The Hall–Kier alpha value is -0.660. The molecule has 0 aromatic carbocycles. The molecule has 1 atom stereocenters. The van der Waals surface area contributed by atoms with Crippen molar-refractivity contribution in [1.29, 1.82) is 0 Å². The Labute approximate surface area is 102 Å². The molecule has 17 heavy (non-hydrogen) atoms. The molecule has 3 N–H and O–H groups in total. The highest BCUT2D eigenvalue weighted by Gasteiger charge is 2.24. The van der Waals surface area contributed by atoms with Gasteiger partial charge in [0.2, 0.25) is 10.0 Å². The second kappa shape index (κ2) is 6.32. The van der Waals surface area contributed by atoms with Gasteiger partial charge in [0.1, 0.15) is 6.04 Å². The minimum atomic E-state index is -3.62. The number of hydrogen-bond acceptors (Lipinski definition) is 4. The number of aliphatic hydroxyl groups is 1. The quantitative estimate of drug-likeness (QED) is 0.610. The number of carbonyl (C=O) groups is 1. The predicted octanol–water partition coefficient (Wildman–Crippen LogP) is 0.178. The van der Waals surface area contributed by atoms with Gasteiger partial charge in [0, 0.05) is 6.61 Å². The molecule has 0 radical (unpaired) electrons. The number of aliphatic hydroxyl groups excluding tert-OH is 1. The van der Waals surface area contributed by atoms with Crippen LogP contribution in [0.15, 0.2) is 0 Å². The first kappa shape index (κ1) is 16.3. The Morgan fingerprint density at radius 1 is 1.35 bits per heavy atom. The molecule has 0 aromatic rings. The van der Waals surface area contributed by atoms with Gasteiger partial charge in [-0.2, -0.15) is 0 Å². The Balaban J connectivity index is 4.46. The molecule has 1 unspecified atom stereocenters. The molecule has 0 rings (SSSR count). The summed E-state index contributed by atoms with van der Waals surface area (Å²) in [7, 11) is -3.62. The fraction of sp³-hybridized carbons (Fsp3) is 0.900. The zero-order valence-corrected chi connectivity index (χ0v) is 11.2. The number of carboxylic acid groups (broad SMARTS) is 1. The number of nitrogens with one attached hydrogen (secondary N) is 1. The summed E-state index contributed by atoms with van der Waals surface area (Å²) in [5.41, 5.74) is -0.134. The number of carboxylic acids is 1. The molecule has 0 aliphatic rings. The first-order valence-electron chi connectivity index (χ1n) is 5.41. The average molecular weight is 267 g/mol. The van der Waals surface area contributed by atoms with Crippen molar-refractivity contribution in [2.75, 3.05) is 12.4 Å². The molecule has 0 aliphatic heterocycles. The van der Waals surface area contributed by atoms with E-state index in [4.69, 9.17) is 10.2 Å². The maximum Gasteiger partial charge on any atom is 0.321 e. The van der Waals surface area contributed by atoms with Crippen LogP contribution in [0.5, 0.6) is 0 Å². The van der Waals surface area contributed by atoms with Gasteiger partial charge in [-0.15, -0.1) is 0 Å². The van der Waals surface area contributed by atoms with Gasteiger partial charge < -0.3 is 10.2 Å². The smallest absolute Gasteiger partial charge is 0.321 e. The van der Waals surface area contributed by atoms with Crippen LogP contribution in [0.2, 0.25) is 0 Å². The Morgan fingerprint density at radius 3 is 2.24 bits per heavy atom. The van der Waals surface area contributed by atoms with Gasteiger partial charge in [0.15, 0.2) is 0 Å². The summed E-state index contributed by atoms with van der Waals surface area (Å²) >= 11 is 0. The molecule has 0 saturated heterocycles. The lowest BCUT2D eigenvalue weighted by molar-refractivity contribution is -0.139. The van der Waals surface area contributed by atoms with E-state index in [-0.39, 0.29) is 24.2 Å². The summed E-state index contributed by atoms with van der Waals surface area (Å²) in [6.07, 6.45) is 0.303. The van der Waals surface area contributed by atoms with Crippen molar-refractivity contribution in [3.8, 4) is 0 Å². The van der Waals surface area contributed by atoms with Crippen LogP contribution in [0.4, 0.5) is 0 Å². The molecular formula is C10H21NO5S. The fourth-order valence-corrected chi connectivity index (χ4v) is 2.73. The molecule has 0 fully saturated rings. The first-order chi connectivity index (χ1) is 7.57. The Kier molecular flexibility index (Phi) is 6.08. The summed E-state index contributed by atoms with van der Waals surface area (Å²) in [4.78, 5) is 10.7. The number of hydrogen-bond donors (Lipinski definition) is 3. The van der Waals surface area contributed by atoms with Crippen molar-refractivity contribution in [1.82, 2.24) is 4.72 Å². The van der Waals surface area contributed by atoms with Crippen molar-refractivity contribution in [3.05, 3.63) is 0 Å². The lowest BCUT2D eigenvalue weighted by Gasteiger charge is -2.19. The van der Waals surface area contributed by atoms with E-state index in [0.717, 1.165) is 0 Å². The third kappa shape index (κ3) is 8.12. The van der Waals surface area contributed by atoms with Crippen molar-refractivity contribution in [2.45, 2.75) is 39.7 Å². The highest BCUT2D eigenvalue weighted by Crippen LogP contribution is 2.19. The van der Waals surface area contributed by atoms with E-state index in [9.17, 15) is 13.2 Å². The third-order valence-electron chi connectivity index (χ3n) is 2.16. The molecule has 0 aromatic heterocycles. The second-order valence-electron chi connectivity index (χ2n) is 5.15. The van der Waals surface area contributed by atoms with E-state index >= 15 is 0 Å². The van der Waals surface area contributed by atoms with Crippen LogP contribution in [0, 0.1) is 5.41 Å². The highest BCUT2D eigenvalue weighted by atomic mass is 32.2. The Bertz CT molecular complexity index is 344. The fourth-order valence-electron chi connectivity index (χ4n) is 1.08. The summed E-state index contributed by atoms with van der Waals surface area (Å²) in [6, 6.07) is -1.26. The van der Waals surface area contributed by atoms with Gasteiger partial charge in [-0.3, -0.25) is 4.79 Å². The lowest BCUT2D eigenvalue weighted by Crippen LogP contribution is -2.42. The van der Waals surface area contributed by atoms with Crippen LogP contribution in [0.1, 0.15) is 33.6 Å². The molecule has 0 aliphatic carbocycles. The van der Waals surface area contributed by atoms with Crippen LogP contribution in [-0.4, -0.2) is 43.0 Å². The first-order valence-corrected chi connectivity index (χ1v) is 7.06. The largest absolute Gasteiger partial charge is 0.480 e. The molecule has 0 spiro atoms. The van der Waals surface area contributed by atoms with Crippen LogP contribution in [0.25, 0.3) is 0 Å². The lowest BCUT2D eigenvalue weighted by atomic mass is 9.94. The molecule has 0 bridgehead atoms. The van der Waals surface area contributed by atoms with Gasteiger partial charge in [-0.1, -0.05) is 20.8 Å². The highest BCUT2D eigenvalue weighted by molar-refractivity contribution is 7.89. The minimum absolute atomic E-state index is 0.119. The van der Waals surface area contributed by atoms with Gasteiger partial charge >= 0.3 is 5.97 Å². The maximum atomic E-state index is 11.6. The van der Waals surface area contributed by atoms with Crippen LogP contribution < -0.4 is 4.72 Å². The van der Waals surface area contributed by atoms with E-state index in [1.165, 1.54) is 0 Å². The van der Waals surface area contributed by atoms with Crippen molar-refractivity contribution < 1.29 is 23.4 Å². The standard InChI is InChI=1S/C10H21NO5S/c1-10(2,3)5-7-17(15,16)11-8(4-6-12)9(13)14/h8,11-12H,4-7H2,1-3H3,(H,13,14). The molecular weight excluding hydrogens is 246 g/mol. The summed E-state index contributed by atoms with van der Waals surface area (Å²) in [6.45, 7) is 5.35. The van der Waals surface area contributed by atoms with Crippen LogP contribution in [0.3, 0.4) is 0 Å². The minimum Gasteiger partial charge on any atom is -0.480 e. The average Bonchev–Trinajstić information content (AvgIpc) is 2.13. The van der Waals surface area contributed by atoms with Gasteiger partial charge in [0.05, 0.1) is 5.75 Å². The molecule has 0 heterocycles. The van der Waals surface area contributed by atoms with E-state index < -0.39 is 22.0 Å². The maximum absolute atomic E-state index is 11.6. The van der Waals surface area contributed by atoms with Crippen molar-refractivity contribution in [3.63, 3.8) is 0 Å². The van der Waals surface area contributed by atoms with Crippen molar-refractivity contribution in [2.24, 2.45) is 5.41 Å². The summed E-state index contributed by atoms with van der Waals surface area (Å²) in [5.74, 6) is -1.40. The van der Waals surface area contributed by atoms with E-state index in [1.807, 2.05) is 20.8 Å². The number of sulfonamides is 1. The molecule has 7 heteroatoms. The van der Waals surface area contributed by atoms with Crippen molar-refractivity contribution >= 4 is 16.0 Å². The number of aliphatic carboxylic acids is 1.